The number of benzene rings is 1. The van der Waals surface area contributed by atoms with Crippen molar-refractivity contribution >= 4 is 21.6 Å². The Bertz CT molecular complexity index is 1020. The first-order valence-corrected chi connectivity index (χ1v) is 10.9. The first-order valence-electron chi connectivity index (χ1n) is 9.47. The molecule has 146 valence electrons. The van der Waals surface area contributed by atoms with Crippen molar-refractivity contribution in [2.75, 3.05) is 11.9 Å². The lowest BCUT2D eigenvalue weighted by molar-refractivity contribution is 0.0731. The van der Waals surface area contributed by atoms with E-state index in [-0.39, 0.29) is 28.5 Å². The molecular weight excluding hydrogens is 378 g/mol. The first kappa shape index (κ1) is 17.8. The highest BCUT2D eigenvalue weighted by Gasteiger charge is 2.61. The Hall–Kier alpha value is -2.29. The average Bonchev–Trinajstić information content (AvgIpc) is 3.32. The molecule has 2 bridgehead atoms. The summed E-state index contributed by atoms with van der Waals surface area (Å²) in [5.74, 6) is 0.439. The minimum absolute atomic E-state index is 0.128. The standard InChI is InChI=1S/C20H21N3O4S/c24-19-12-8-13-11-23(18(19)16(13)9-12)28(26,27)15-5-3-4-14(10-15)22-20(25)17-6-1-2-7-21-17/h1-7,10,12-13,16,18-19,24H,8-9,11H2,(H,22,25)/t12-,13-,16+,18+,19-/m0/s1. The van der Waals surface area contributed by atoms with Gasteiger partial charge in [0.2, 0.25) is 10.0 Å². The number of carbonyl (C=O) groups excluding carboxylic acids is 1. The van der Waals surface area contributed by atoms with Crippen LogP contribution in [0.3, 0.4) is 0 Å². The number of carbonyl (C=O) groups is 1. The minimum Gasteiger partial charge on any atom is -0.391 e. The average molecular weight is 399 g/mol. The molecule has 2 heterocycles. The van der Waals surface area contributed by atoms with Gasteiger partial charge in [-0.25, -0.2) is 8.42 Å². The van der Waals surface area contributed by atoms with E-state index < -0.39 is 22.0 Å². The van der Waals surface area contributed by atoms with Gasteiger partial charge in [-0.2, -0.15) is 4.31 Å². The van der Waals surface area contributed by atoms with Crippen LogP contribution in [0, 0.1) is 17.8 Å². The second-order valence-corrected chi connectivity index (χ2v) is 9.80. The van der Waals surface area contributed by atoms with Crippen LogP contribution in [-0.2, 0) is 10.0 Å². The van der Waals surface area contributed by atoms with Crippen molar-refractivity contribution in [2.24, 2.45) is 17.8 Å². The van der Waals surface area contributed by atoms with E-state index >= 15 is 0 Å². The first-order chi connectivity index (χ1) is 13.4. The zero-order chi connectivity index (χ0) is 19.5. The largest absolute Gasteiger partial charge is 0.391 e. The molecule has 1 aromatic heterocycles. The van der Waals surface area contributed by atoms with E-state index in [0.29, 0.717) is 18.2 Å². The van der Waals surface area contributed by atoms with Gasteiger partial charge < -0.3 is 10.4 Å². The molecular formula is C20H21N3O4S. The highest BCUT2D eigenvalue weighted by Crippen LogP contribution is 2.56. The number of aliphatic hydroxyl groups is 1. The molecule has 3 fully saturated rings. The number of anilines is 1. The molecule has 8 heteroatoms. The molecule has 0 radical (unpaired) electrons. The normalized spacial score (nSPS) is 31.2. The van der Waals surface area contributed by atoms with E-state index in [9.17, 15) is 18.3 Å². The third-order valence-corrected chi connectivity index (χ3v) is 8.26. The minimum atomic E-state index is -3.75. The van der Waals surface area contributed by atoms with Gasteiger partial charge in [-0.3, -0.25) is 9.78 Å². The Morgan fingerprint density at radius 3 is 2.75 bits per heavy atom. The van der Waals surface area contributed by atoms with Gasteiger partial charge in [0.15, 0.2) is 0 Å². The highest BCUT2D eigenvalue weighted by atomic mass is 32.2. The maximum atomic E-state index is 13.3. The fraction of sp³-hybridized carbons (Fsp3) is 0.400. The summed E-state index contributed by atoms with van der Waals surface area (Å²) >= 11 is 0. The van der Waals surface area contributed by atoms with Gasteiger partial charge in [0.05, 0.1) is 17.0 Å². The van der Waals surface area contributed by atoms with E-state index in [1.807, 2.05) is 0 Å². The van der Waals surface area contributed by atoms with Crippen molar-refractivity contribution in [3.8, 4) is 0 Å². The van der Waals surface area contributed by atoms with Crippen LogP contribution in [-0.4, -0.2) is 47.4 Å². The van der Waals surface area contributed by atoms with E-state index in [1.54, 1.807) is 30.3 Å². The Labute approximate surface area is 163 Å². The Kier molecular flexibility index (Phi) is 4.04. The third kappa shape index (κ3) is 2.67. The number of fused-ring (bicyclic) bond motifs is 1. The molecule has 0 unspecified atom stereocenters. The molecule has 1 saturated heterocycles. The summed E-state index contributed by atoms with van der Waals surface area (Å²) in [6.45, 7) is 0.468. The summed E-state index contributed by atoms with van der Waals surface area (Å²) in [6.07, 6.45) is 2.78. The molecule has 28 heavy (non-hydrogen) atoms. The summed E-state index contributed by atoms with van der Waals surface area (Å²) < 4.78 is 28.1. The quantitative estimate of drug-likeness (QED) is 0.816. The number of pyridine rings is 1. The summed E-state index contributed by atoms with van der Waals surface area (Å²) in [5.41, 5.74) is 0.649. The lowest BCUT2D eigenvalue weighted by atomic mass is 9.88. The van der Waals surface area contributed by atoms with E-state index in [2.05, 4.69) is 10.3 Å². The smallest absolute Gasteiger partial charge is 0.274 e. The molecule has 3 aliphatic rings. The number of nitrogens with one attached hydrogen (secondary N) is 1. The second-order valence-electron chi connectivity index (χ2n) is 7.91. The molecule has 2 aliphatic carbocycles. The van der Waals surface area contributed by atoms with Crippen molar-refractivity contribution in [3.05, 3.63) is 54.4 Å². The van der Waals surface area contributed by atoms with Crippen LogP contribution in [0.15, 0.2) is 53.6 Å². The van der Waals surface area contributed by atoms with Gasteiger partial charge in [-0.05, 0) is 60.9 Å². The maximum absolute atomic E-state index is 13.3. The Morgan fingerprint density at radius 1 is 1.14 bits per heavy atom. The van der Waals surface area contributed by atoms with Crippen molar-refractivity contribution in [3.63, 3.8) is 0 Å². The molecule has 0 spiro atoms. The number of rotatable bonds is 4. The van der Waals surface area contributed by atoms with Gasteiger partial charge in [0.1, 0.15) is 5.69 Å². The maximum Gasteiger partial charge on any atom is 0.274 e. The van der Waals surface area contributed by atoms with Gasteiger partial charge in [0.25, 0.3) is 5.91 Å². The van der Waals surface area contributed by atoms with Crippen LogP contribution < -0.4 is 5.32 Å². The van der Waals surface area contributed by atoms with Gasteiger partial charge >= 0.3 is 0 Å². The fourth-order valence-corrected chi connectivity index (χ4v) is 6.98. The van der Waals surface area contributed by atoms with E-state index in [4.69, 9.17) is 0 Å². The molecule has 2 aromatic rings. The monoisotopic (exact) mass is 399 g/mol. The van der Waals surface area contributed by atoms with E-state index in [0.717, 1.165) is 12.8 Å². The van der Waals surface area contributed by atoms with E-state index in [1.165, 1.54) is 22.6 Å². The molecule has 7 nitrogen and oxygen atoms in total. The van der Waals surface area contributed by atoms with Crippen LogP contribution in [0.25, 0.3) is 0 Å². The van der Waals surface area contributed by atoms with Gasteiger partial charge in [-0.1, -0.05) is 12.1 Å². The topological polar surface area (TPSA) is 99.6 Å². The zero-order valence-electron chi connectivity index (χ0n) is 15.1. The SMILES string of the molecule is O=C(Nc1cccc(S(=O)(=O)N2C[C@@H]3C[C@H]4C[C@H]3[C@@H]2[C@H]4O)c1)c1ccccn1. The molecule has 1 amide bonds. The molecule has 5 atom stereocenters. The number of amides is 1. The number of aliphatic hydroxyl groups excluding tert-OH is 1. The summed E-state index contributed by atoms with van der Waals surface area (Å²) in [6, 6.07) is 11.0. The predicted octanol–water partition coefficient (Wildman–Crippen LogP) is 1.72. The van der Waals surface area contributed by atoms with Crippen molar-refractivity contribution in [1.82, 2.24) is 9.29 Å². The van der Waals surface area contributed by atoms with Crippen LogP contribution >= 0.6 is 0 Å². The predicted molar refractivity (Wildman–Crippen MR) is 102 cm³/mol. The lowest BCUT2D eigenvalue weighted by Gasteiger charge is -2.28. The summed E-state index contributed by atoms with van der Waals surface area (Å²) in [7, 11) is -3.75. The van der Waals surface area contributed by atoms with Crippen molar-refractivity contribution in [1.29, 1.82) is 0 Å². The molecule has 1 aromatic carbocycles. The molecule has 1 aliphatic heterocycles. The number of hydrogen-bond donors (Lipinski definition) is 2. The number of hydrogen-bond acceptors (Lipinski definition) is 5. The van der Waals surface area contributed by atoms with Crippen molar-refractivity contribution in [2.45, 2.75) is 29.9 Å². The molecule has 2 saturated carbocycles. The number of nitrogens with zero attached hydrogens (tertiary/aromatic N) is 2. The Morgan fingerprint density at radius 2 is 2.00 bits per heavy atom. The van der Waals surface area contributed by atoms with Gasteiger partial charge in [0, 0.05) is 18.4 Å². The number of aromatic nitrogens is 1. The van der Waals surface area contributed by atoms with Crippen LogP contribution in [0.4, 0.5) is 5.69 Å². The summed E-state index contributed by atoms with van der Waals surface area (Å²) in [4.78, 5) is 16.4. The molecule has 2 N–H and O–H groups in total. The molecule has 5 rings (SSSR count). The zero-order valence-corrected chi connectivity index (χ0v) is 15.9. The third-order valence-electron chi connectivity index (χ3n) is 6.40. The lowest BCUT2D eigenvalue weighted by Crippen LogP contribution is -2.43. The Balaban J connectivity index is 1.41. The fourth-order valence-electron chi connectivity index (χ4n) is 5.20. The highest BCUT2D eigenvalue weighted by molar-refractivity contribution is 7.89. The van der Waals surface area contributed by atoms with Crippen LogP contribution in [0.1, 0.15) is 23.3 Å². The summed E-state index contributed by atoms with van der Waals surface area (Å²) in [5, 5.41) is 13.2. The second kappa shape index (κ2) is 6.37. The van der Waals surface area contributed by atoms with Gasteiger partial charge in [-0.15, -0.1) is 0 Å². The van der Waals surface area contributed by atoms with Crippen molar-refractivity contribution < 1.29 is 18.3 Å². The van der Waals surface area contributed by atoms with Crippen LogP contribution in [0.5, 0.6) is 0 Å². The number of sulfonamides is 1. The van der Waals surface area contributed by atoms with Crippen LogP contribution in [0.2, 0.25) is 0 Å².